The van der Waals surface area contributed by atoms with Gasteiger partial charge in [0, 0.05) is 11.0 Å². The zero-order valence-electron chi connectivity index (χ0n) is 10.8. The summed E-state index contributed by atoms with van der Waals surface area (Å²) in [7, 11) is -4.03. The van der Waals surface area contributed by atoms with Gasteiger partial charge in [-0.2, -0.15) is 0 Å². The molecule has 1 aromatic rings. The number of carbonyl (C=O) groups excluding carboxylic acids is 1. The van der Waals surface area contributed by atoms with E-state index in [1.165, 1.54) is 0 Å². The van der Waals surface area contributed by atoms with Gasteiger partial charge in [0.2, 0.25) is 15.9 Å². The van der Waals surface area contributed by atoms with E-state index in [0.717, 1.165) is 12.1 Å². The van der Waals surface area contributed by atoms with Crippen LogP contribution in [0.2, 0.25) is 5.02 Å². The molecule has 116 valence electrons. The van der Waals surface area contributed by atoms with Crippen LogP contribution in [0, 0.1) is 0 Å². The molecule has 1 rings (SSSR count). The van der Waals surface area contributed by atoms with Crippen molar-refractivity contribution in [3.05, 3.63) is 27.2 Å². The lowest BCUT2D eigenvalue weighted by Crippen LogP contribution is -2.36. The summed E-state index contributed by atoms with van der Waals surface area (Å²) in [5, 5.41) is 11.3. The van der Waals surface area contributed by atoms with Gasteiger partial charge in [-0.05, 0) is 35.0 Å². The highest BCUT2D eigenvalue weighted by Crippen LogP contribution is 2.29. The zero-order valence-corrected chi connectivity index (χ0v) is 14.0. The summed E-state index contributed by atoms with van der Waals surface area (Å²) >= 11 is 8.77. The molecule has 7 nitrogen and oxygen atoms in total. The third kappa shape index (κ3) is 4.67. The van der Waals surface area contributed by atoms with E-state index < -0.39 is 28.4 Å². The average molecular weight is 400 g/mol. The van der Waals surface area contributed by atoms with Gasteiger partial charge in [0.15, 0.2) is 0 Å². The molecule has 0 radical (unpaired) electrons. The Bertz CT molecular complexity index is 677. The first-order valence-corrected chi connectivity index (χ1v) is 8.33. The predicted octanol–water partition coefficient (Wildman–Crippen LogP) is 1.22. The van der Waals surface area contributed by atoms with E-state index in [4.69, 9.17) is 16.7 Å². The van der Waals surface area contributed by atoms with Gasteiger partial charge in [0.25, 0.3) is 0 Å². The largest absolute Gasteiger partial charge is 0.478 e. The summed E-state index contributed by atoms with van der Waals surface area (Å²) in [4.78, 5) is 22.0. The minimum absolute atomic E-state index is 0.106. The lowest BCUT2D eigenvalue weighted by Gasteiger charge is -2.09. The van der Waals surface area contributed by atoms with Crippen molar-refractivity contribution in [2.45, 2.75) is 11.8 Å². The maximum Gasteiger partial charge on any atom is 0.337 e. The van der Waals surface area contributed by atoms with Crippen LogP contribution in [-0.2, 0) is 14.8 Å². The van der Waals surface area contributed by atoms with Crippen LogP contribution >= 0.6 is 27.5 Å². The van der Waals surface area contributed by atoms with Crippen molar-refractivity contribution < 1.29 is 23.1 Å². The van der Waals surface area contributed by atoms with Crippen molar-refractivity contribution in [2.75, 3.05) is 13.1 Å². The SMILES string of the molecule is CCNC(=O)CNS(=O)(=O)c1cc(Br)c(Cl)c(C(=O)O)c1. The molecule has 0 spiro atoms. The fourth-order valence-corrected chi connectivity index (χ4v) is 3.21. The lowest BCUT2D eigenvalue weighted by molar-refractivity contribution is -0.119. The van der Waals surface area contributed by atoms with Gasteiger partial charge in [-0.3, -0.25) is 4.79 Å². The number of carboxylic acids is 1. The minimum Gasteiger partial charge on any atom is -0.478 e. The zero-order chi connectivity index (χ0) is 16.2. The fraction of sp³-hybridized carbons (Fsp3) is 0.273. The Labute approximate surface area is 134 Å². The number of sulfonamides is 1. The molecule has 0 saturated carbocycles. The number of hydrogen-bond donors (Lipinski definition) is 3. The van der Waals surface area contributed by atoms with Crippen molar-refractivity contribution in [3.8, 4) is 0 Å². The van der Waals surface area contributed by atoms with Gasteiger partial charge in [-0.25, -0.2) is 17.9 Å². The van der Waals surface area contributed by atoms with Gasteiger partial charge in [-0.15, -0.1) is 0 Å². The Morgan fingerprint density at radius 3 is 2.52 bits per heavy atom. The molecule has 21 heavy (non-hydrogen) atoms. The Balaban J connectivity index is 3.09. The molecule has 0 aromatic heterocycles. The van der Waals surface area contributed by atoms with Crippen LogP contribution in [0.1, 0.15) is 17.3 Å². The number of hydrogen-bond acceptors (Lipinski definition) is 4. The van der Waals surface area contributed by atoms with E-state index in [1.54, 1.807) is 6.92 Å². The van der Waals surface area contributed by atoms with Gasteiger partial charge >= 0.3 is 5.97 Å². The molecule has 0 aliphatic carbocycles. The molecule has 1 amide bonds. The predicted molar refractivity (Wildman–Crippen MR) is 80.0 cm³/mol. The number of rotatable bonds is 6. The molecular weight excluding hydrogens is 388 g/mol. The van der Waals surface area contributed by atoms with E-state index >= 15 is 0 Å². The van der Waals surface area contributed by atoms with Crippen molar-refractivity contribution in [1.82, 2.24) is 10.0 Å². The molecule has 0 aliphatic rings. The van der Waals surface area contributed by atoms with E-state index in [-0.39, 0.29) is 20.0 Å². The van der Waals surface area contributed by atoms with Crippen molar-refractivity contribution in [1.29, 1.82) is 0 Å². The van der Waals surface area contributed by atoms with Crippen LogP contribution < -0.4 is 10.0 Å². The molecule has 0 heterocycles. The molecule has 3 N–H and O–H groups in total. The number of amides is 1. The fourth-order valence-electron chi connectivity index (χ4n) is 1.38. The van der Waals surface area contributed by atoms with Gasteiger partial charge in [0.05, 0.1) is 22.0 Å². The monoisotopic (exact) mass is 398 g/mol. The molecule has 0 aliphatic heterocycles. The average Bonchev–Trinajstić information content (AvgIpc) is 2.39. The first-order valence-electron chi connectivity index (χ1n) is 5.67. The van der Waals surface area contributed by atoms with Crippen molar-refractivity contribution in [2.24, 2.45) is 0 Å². The van der Waals surface area contributed by atoms with Crippen molar-refractivity contribution in [3.63, 3.8) is 0 Å². The highest BCUT2D eigenvalue weighted by atomic mass is 79.9. The quantitative estimate of drug-likeness (QED) is 0.665. The topological polar surface area (TPSA) is 113 Å². The minimum atomic E-state index is -4.03. The smallest absolute Gasteiger partial charge is 0.337 e. The van der Waals surface area contributed by atoms with Crippen LogP contribution in [0.3, 0.4) is 0 Å². The van der Waals surface area contributed by atoms with Crippen LogP contribution in [0.5, 0.6) is 0 Å². The Hall–Kier alpha value is -1.16. The number of aromatic carboxylic acids is 1. The summed E-state index contributed by atoms with van der Waals surface area (Å²) in [5.41, 5.74) is -0.357. The summed E-state index contributed by atoms with van der Waals surface area (Å²) < 4.78 is 26.3. The molecule has 0 unspecified atom stereocenters. The second-order valence-electron chi connectivity index (χ2n) is 3.85. The number of carbonyl (C=O) groups is 2. The van der Waals surface area contributed by atoms with E-state index in [2.05, 4.69) is 26.0 Å². The van der Waals surface area contributed by atoms with Crippen LogP contribution in [-0.4, -0.2) is 38.5 Å². The second-order valence-corrected chi connectivity index (χ2v) is 6.85. The maximum absolute atomic E-state index is 12.0. The van der Waals surface area contributed by atoms with Crippen LogP contribution in [0.25, 0.3) is 0 Å². The first kappa shape index (κ1) is 17.9. The molecule has 0 atom stereocenters. The van der Waals surface area contributed by atoms with Crippen LogP contribution in [0.15, 0.2) is 21.5 Å². The number of halogens is 2. The third-order valence-electron chi connectivity index (χ3n) is 2.34. The maximum atomic E-state index is 12.0. The van der Waals surface area contributed by atoms with Crippen molar-refractivity contribution >= 4 is 49.4 Å². The molecule has 0 bridgehead atoms. The van der Waals surface area contributed by atoms with E-state index in [0.29, 0.717) is 6.54 Å². The molecule has 0 saturated heterocycles. The summed E-state index contributed by atoms with van der Waals surface area (Å²) in [6.07, 6.45) is 0. The lowest BCUT2D eigenvalue weighted by atomic mass is 10.2. The van der Waals surface area contributed by atoms with Gasteiger partial charge in [-0.1, -0.05) is 11.6 Å². The Morgan fingerprint density at radius 2 is 2.00 bits per heavy atom. The van der Waals surface area contributed by atoms with E-state index in [1.807, 2.05) is 0 Å². The number of nitrogens with one attached hydrogen (secondary N) is 2. The molecule has 10 heteroatoms. The number of benzene rings is 1. The number of likely N-dealkylation sites (N-methyl/N-ethyl adjacent to an activating group) is 1. The molecule has 0 fully saturated rings. The molecular formula is C11H12BrClN2O5S. The second kappa shape index (κ2) is 7.21. The summed E-state index contributed by atoms with van der Waals surface area (Å²) in [6, 6.07) is 2.09. The summed E-state index contributed by atoms with van der Waals surface area (Å²) in [5.74, 6) is -1.85. The Kier molecular flexibility index (Phi) is 6.14. The summed E-state index contributed by atoms with van der Waals surface area (Å²) in [6.45, 7) is 1.62. The van der Waals surface area contributed by atoms with Gasteiger partial charge < -0.3 is 10.4 Å². The molecule has 1 aromatic carbocycles. The number of carboxylic acid groups (broad SMARTS) is 1. The standard InChI is InChI=1S/C11H12BrClN2O5S/c1-2-14-9(16)5-15-21(19,20)6-3-7(11(17)18)10(13)8(12)4-6/h3-4,15H,2,5H2,1H3,(H,14,16)(H,17,18). The Morgan fingerprint density at radius 1 is 1.38 bits per heavy atom. The van der Waals surface area contributed by atoms with Crippen LogP contribution in [0.4, 0.5) is 0 Å². The van der Waals surface area contributed by atoms with E-state index in [9.17, 15) is 18.0 Å². The van der Waals surface area contributed by atoms with Gasteiger partial charge in [0.1, 0.15) is 0 Å². The normalized spacial score (nSPS) is 11.2. The highest BCUT2D eigenvalue weighted by Gasteiger charge is 2.21. The third-order valence-corrected chi connectivity index (χ3v) is 4.98. The first-order chi connectivity index (χ1) is 9.69. The highest BCUT2D eigenvalue weighted by molar-refractivity contribution is 9.10.